The highest BCUT2D eigenvalue weighted by Crippen LogP contribution is 2.26. The van der Waals surface area contributed by atoms with Crippen LogP contribution in [-0.4, -0.2) is 31.1 Å². The minimum Gasteiger partial charge on any atom is -0.309 e. The van der Waals surface area contributed by atoms with Crippen LogP contribution in [0.5, 0.6) is 0 Å². The Balaban J connectivity index is 1.51. The fraction of sp³-hybridized carbons (Fsp3) is 0.714. The zero-order chi connectivity index (χ0) is 15.7. The summed E-state index contributed by atoms with van der Waals surface area (Å²) in [5, 5.41) is 3.89. The lowest BCUT2D eigenvalue weighted by Gasteiger charge is -2.31. The Morgan fingerprint density at radius 2 is 1.61 bits per heavy atom. The lowest BCUT2D eigenvalue weighted by molar-refractivity contribution is 0.203. The predicted molar refractivity (Wildman–Crippen MR) is 98.7 cm³/mol. The number of likely N-dealkylation sites (tertiary alicyclic amines) is 1. The Hall–Kier alpha value is -0.860. The average Bonchev–Trinajstić information content (AvgIpc) is 2.63. The quantitative estimate of drug-likeness (QED) is 0.779. The molecular weight excluding hydrogens is 280 g/mol. The van der Waals surface area contributed by atoms with E-state index in [1.54, 1.807) is 0 Å². The van der Waals surface area contributed by atoms with Crippen LogP contribution in [0.1, 0.15) is 69.4 Å². The standard InChI is InChI=1S/C21H34N2/c1-4-10-19(11-5-1)14-15-22-21(20-12-6-2-7-13-20)18-23-16-8-3-9-17-23/h2,6-7,12-13,19,21-22H,1,3-5,8-11,14-18H2/t21-/m0/s1. The first kappa shape index (κ1) is 17.0. The largest absolute Gasteiger partial charge is 0.309 e. The van der Waals surface area contributed by atoms with Crippen molar-refractivity contribution in [1.82, 2.24) is 10.2 Å². The molecule has 3 rings (SSSR count). The summed E-state index contributed by atoms with van der Waals surface area (Å²) < 4.78 is 0. The van der Waals surface area contributed by atoms with Crippen LogP contribution in [0.3, 0.4) is 0 Å². The second-order valence-corrected chi connectivity index (χ2v) is 7.57. The molecule has 1 aromatic carbocycles. The van der Waals surface area contributed by atoms with Gasteiger partial charge in [0, 0.05) is 12.6 Å². The molecule has 1 aliphatic heterocycles. The average molecular weight is 315 g/mol. The van der Waals surface area contributed by atoms with Crippen molar-refractivity contribution >= 4 is 0 Å². The van der Waals surface area contributed by atoms with E-state index in [0.29, 0.717) is 6.04 Å². The van der Waals surface area contributed by atoms with Crippen molar-refractivity contribution in [3.05, 3.63) is 35.9 Å². The van der Waals surface area contributed by atoms with Gasteiger partial charge in [0.1, 0.15) is 0 Å². The molecule has 1 saturated heterocycles. The highest BCUT2D eigenvalue weighted by atomic mass is 15.2. The van der Waals surface area contributed by atoms with Gasteiger partial charge in [-0.1, -0.05) is 68.9 Å². The van der Waals surface area contributed by atoms with Gasteiger partial charge in [-0.15, -0.1) is 0 Å². The number of nitrogens with one attached hydrogen (secondary N) is 1. The van der Waals surface area contributed by atoms with E-state index in [2.05, 4.69) is 40.5 Å². The number of hydrogen-bond donors (Lipinski definition) is 1. The topological polar surface area (TPSA) is 15.3 Å². The zero-order valence-electron chi connectivity index (χ0n) is 14.7. The molecule has 2 fully saturated rings. The summed E-state index contributed by atoms with van der Waals surface area (Å²) in [6, 6.07) is 11.6. The van der Waals surface area contributed by atoms with E-state index >= 15 is 0 Å². The van der Waals surface area contributed by atoms with Crippen molar-refractivity contribution in [2.75, 3.05) is 26.2 Å². The number of nitrogens with zero attached hydrogens (tertiary/aromatic N) is 1. The summed E-state index contributed by atoms with van der Waals surface area (Å²) in [6.07, 6.45) is 12.8. The molecule has 0 spiro atoms. The number of piperidine rings is 1. The molecule has 0 amide bonds. The normalized spacial score (nSPS) is 22.1. The maximum Gasteiger partial charge on any atom is 0.0449 e. The summed E-state index contributed by atoms with van der Waals surface area (Å²) in [5.74, 6) is 0.975. The van der Waals surface area contributed by atoms with Crippen LogP contribution in [0.2, 0.25) is 0 Å². The second kappa shape index (κ2) is 9.44. The van der Waals surface area contributed by atoms with Gasteiger partial charge in [-0.05, 0) is 50.4 Å². The van der Waals surface area contributed by atoms with E-state index in [-0.39, 0.29) is 0 Å². The molecule has 2 heteroatoms. The minimum atomic E-state index is 0.498. The SMILES string of the molecule is c1ccc([C@H](CN2CCCCC2)NCCC2CCCCC2)cc1. The molecule has 1 saturated carbocycles. The Morgan fingerprint density at radius 1 is 0.913 bits per heavy atom. The van der Waals surface area contributed by atoms with Gasteiger partial charge in [0.25, 0.3) is 0 Å². The first-order valence-electron chi connectivity index (χ1n) is 9.92. The lowest BCUT2D eigenvalue weighted by atomic mass is 9.87. The van der Waals surface area contributed by atoms with Gasteiger partial charge in [0.05, 0.1) is 0 Å². The van der Waals surface area contributed by atoms with Crippen molar-refractivity contribution in [2.45, 2.75) is 63.8 Å². The van der Waals surface area contributed by atoms with Crippen LogP contribution < -0.4 is 5.32 Å². The van der Waals surface area contributed by atoms with Gasteiger partial charge < -0.3 is 10.2 Å². The molecule has 0 aromatic heterocycles. The number of hydrogen-bond acceptors (Lipinski definition) is 2. The fourth-order valence-electron chi connectivity index (χ4n) is 4.31. The molecule has 1 aromatic rings. The highest BCUT2D eigenvalue weighted by molar-refractivity contribution is 5.19. The third kappa shape index (κ3) is 5.61. The predicted octanol–water partition coefficient (Wildman–Crippen LogP) is 4.77. The van der Waals surface area contributed by atoms with Crippen LogP contribution in [0, 0.1) is 5.92 Å². The smallest absolute Gasteiger partial charge is 0.0449 e. The third-order valence-electron chi connectivity index (χ3n) is 5.76. The first-order valence-corrected chi connectivity index (χ1v) is 9.92. The van der Waals surface area contributed by atoms with E-state index in [1.165, 1.54) is 89.5 Å². The summed E-state index contributed by atoms with van der Waals surface area (Å²) in [5.41, 5.74) is 1.46. The van der Waals surface area contributed by atoms with Gasteiger partial charge in [0.2, 0.25) is 0 Å². The van der Waals surface area contributed by atoms with Crippen molar-refractivity contribution < 1.29 is 0 Å². The highest BCUT2D eigenvalue weighted by Gasteiger charge is 2.19. The minimum absolute atomic E-state index is 0.498. The monoisotopic (exact) mass is 314 g/mol. The maximum absolute atomic E-state index is 3.89. The zero-order valence-corrected chi connectivity index (χ0v) is 14.7. The van der Waals surface area contributed by atoms with Gasteiger partial charge in [-0.2, -0.15) is 0 Å². The molecule has 0 radical (unpaired) electrons. The molecule has 1 atom stereocenters. The van der Waals surface area contributed by atoms with E-state index < -0.39 is 0 Å². The van der Waals surface area contributed by atoms with E-state index in [9.17, 15) is 0 Å². The van der Waals surface area contributed by atoms with Gasteiger partial charge >= 0.3 is 0 Å². The van der Waals surface area contributed by atoms with E-state index in [1.807, 2.05) is 0 Å². The van der Waals surface area contributed by atoms with E-state index in [4.69, 9.17) is 0 Å². The Labute approximate surface area is 142 Å². The second-order valence-electron chi connectivity index (χ2n) is 7.57. The van der Waals surface area contributed by atoms with Gasteiger partial charge in [-0.3, -0.25) is 0 Å². The number of rotatable bonds is 7. The molecule has 128 valence electrons. The van der Waals surface area contributed by atoms with Crippen LogP contribution in [0.15, 0.2) is 30.3 Å². The summed E-state index contributed by atoms with van der Waals surface area (Å²) in [4.78, 5) is 2.66. The lowest BCUT2D eigenvalue weighted by Crippen LogP contribution is -2.38. The van der Waals surface area contributed by atoms with Crippen molar-refractivity contribution in [3.63, 3.8) is 0 Å². The van der Waals surface area contributed by atoms with Crippen molar-refractivity contribution in [1.29, 1.82) is 0 Å². The number of benzene rings is 1. The van der Waals surface area contributed by atoms with Crippen molar-refractivity contribution in [3.8, 4) is 0 Å². The van der Waals surface area contributed by atoms with Gasteiger partial charge in [0.15, 0.2) is 0 Å². The molecule has 0 bridgehead atoms. The molecule has 2 aliphatic rings. The summed E-state index contributed by atoms with van der Waals surface area (Å²) >= 11 is 0. The fourth-order valence-corrected chi connectivity index (χ4v) is 4.31. The molecule has 0 unspecified atom stereocenters. The maximum atomic E-state index is 3.89. The molecule has 2 nitrogen and oxygen atoms in total. The molecule has 23 heavy (non-hydrogen) atoms. The Kier molecular flexibility index (Phi) is 6.97. The van der Waals surface area contributed by atoms with Crippen LogP contribution in [-0.2, 0) is 0 Å². The first-order chi connectivity index (χ1) is 11.4. The Morgan fingerprint density at radius 3 is 2.35 bits per heavy atom. The third-order valence-corrected chi connectivity index (χ3v) is 5.76. The summed E-state index contributed by atoms with van der Waals surface area (Å²) in [7, 11) is 0. The van der Waals surface area contributed by atoms with E-state index in [0.717, 1.165) is 5.92 Å². The van der Waals surface area contributed by atoms with Crippen molar-refractivity contribution in [2.24, 2.45) is 5.92 Å². The summed E-state index contributed by atoms with van der Waals surface area (Å²) in [6.45, 7) is 4.92. The molecule has 1 heterocycles. The van der Waals surface area contributed by atoms with Crippen LogP contribution in [0.4, 0.5) is 0 Å². The molecule has 1 N–H and O–H groups in total. The molecule has 1 aliphatic carbocycles. The molecular formula is C21H34N2. The van der Waals surface area contributed by atoms with Crippen LogP contribution in [0.25, 0.3) is 0 Å². The Bertz CT molecular complexity index is 419. The van der Waals surface area contributed by atoms with Gasteiger partial charge in [-0.25, -0.2) is 0 Å². The van der Waals surface area contributed by atoms with Crippen LogP contribution >= 0.6 is 0 Å².